The molecule has 0 aliphatic heterocycles. The number of nitrogen functional groups attached to an aromatic ring is 1. The molecule has 0 spiro atoms. The maximum absolute atomic E-state index is 11.6. The van der Waals surface area contributed by atoms with E-state index in [0.29, 0.717) is 17.1 Å². The number of primary amides is 1. The van der Waals surface area contributed by atoms with Gasteiger partial charge in [0.25, 0.3) is 5.91 Å². The Morgan fingerprint density at radius 3 is 2.86 bits per heavy atom. The lowest BCUT2D eigenvalue weighted by atomic mass is 10.2. The van der Waals surface area contributed by atoms with E-state index < -0.39 is 5.91 Å². The second-order valence-electron chi connectivity index (χ2n) is 4.30. The van der Waals surface area contributed by atoms with Crippen molar-refractivity contribution in [1.29, 1.82) is 0 Å². The first-order chi connectivity index (χ1) is 10.1. The summed E-state index contributed by atoms with van der Waals surface area (Å²) in [6, 6.07) is 5.12. The number of carbonyl (C=O) groups is 1. The molecule has 3 rings (SSSR count). The Hall–Kier alpha value is -3.16. The van der Waals surface area contributed by atoms with Crippen LogP contribution in [0.25, 0.3) is 16.8 Å². The average molecular weight is 284 g/mol. The van der Waals surface area contributed by atoms with Crippen molar-refractivity contribution < 1.29 is 9.53 Å². The highest BCUT2D eigenvalue weighted by Crippen LogP contribution is 2.28. The summed E-state index contributed by atoms with van der Waals surface area (Å²) in [6.45, 7) is 0. The summed E-state index contributed by atoms with van der Waals surface area (Å²) >= 11 is 0. The molecule has 0 fully saturated rings. The van der Waals surface area contributed by atoms with Gasteiger partial charge in [0.1, 0.15) is 11.8 Å². The minimum Gasteiger partial charge on any atom is -0.481 e. The van der Waals surface area contributed by atoms with Crippen LogP contribution in [0.4, 0.5) is 5.82 Å². The molecular weight excluding hydrogens is 272 g/mol. The van der Waals surface area contributed by atoms with Gasteiger partial charge in [-0.3, -0.25) is 4.79 Å². The van der Waals surface area contributed by atoms with Crippen LogP contribution in [-0.4, -0.2) is 32.6 Å². The third kappa shape index (κ3) is 2.02. The molecule has 4 N–H and O–H groups in total. The van der Waals surface area contributed by atoms with Crippen LogP contribution in [-0.2, 0) is 0 Å². The van der Waals surface area contributed by atoms with Gasteiger partial charge in [0.05, 0.1) is 18.4 Å². The highest BCUT2D eigenvalue weighted by molar-refractivity contribution is 6.04. The maximum Gasteiger partial charge on any atom is 0.251 e. The molecule has 3 aromatic rings. The van der Waals surface area contributed by atoms with Crippen molar-refractivity contribution in [3.8, 4) is 17.1 Å². The Labute approximate surface area is 119 Å². The second-order valence-corrected chi connectivity index (χ2v) is 4.30. The van der Waals surface area contributed by atoms with Crippen molar-refractivity contribution in [2.75, 3.05) is 12.8 Å². The maximum atomic E-state index is 11.6. The number of aromatic nitrogens is 4. The van der Waals surface area contributed by atoms with Gasteiger partial charge in [0, 0.05) is 17.8 Å². The van der Waals surface area contributed by atoms with Crippen molar-refractivity contribution in [2.24, 2.45) is 5.73 Å². The van der Waals surface area contributed by atoms with Crippen LogP contribution in [0.3, 0.4) is 0 Å². The summed E-state index contributed by atoms with van der Waals surface area (Å²) < 4.78 is 6.62. The van der Waals surface area contributed by atoms with Crippen molar-refractivity contribution in [1.82, 2.24) is 19.6 Å². The fraction of sp³-hybridized carbons (Fsp3) is 0.0769. The number of nitrogens with two attached hydrogens (primary N) is 2. The third-order valence-electron chi connectivity index (χ3n) is 3.09. The van der Waals surface area contributed by atoms with E-state index in [2.05, 4.69) is 15.1 Å². The molecule has 8 heteroatoms. The van der Waals surface area contributed by atoms with Crippen LogP contribution in [0.1, 0.15) is 10.4 Å². The van der Waals surface area contributed by atoms with E-state index in [9.17, 15) is 4.79 Å². The number of fused-ring (bicyclic) bond motifs is 1. The number of rotatable bonds is 3. The van der Waals surface area contributed by atoms with E-state index in [1.165, 1.54) is 18.0 Å². The van der Waals surface area contributed by atoms with Crippen molar-refractivity contribution in [2.45, 2.75) is 0 Å². The molecule has 3 heterocycles. The number of anilines is 1. The molecule has 0 saturated heterocycles. The molecule has 8 nitrogen and oxygen atoms in total. The topological polar surface area (TPSA) is 121 Å². The van der Waals surface area contributed by atoms with Crippen LogP contribution < -0.4 is 16.2 Å². The summed E-state index contributed by atoms with van der Waals surface area (Å²) in [5.74, 6) is 0.0393. The highest BCUT2D eigenvalue weighted by Gasteiger charge is 2.18. The van der Waals surface area contributed by atoms with Gasteiger partial charge < -0.3 is 16.2 Å². The monoisotopic (exact) mass is 284 g/mol. The molecule has 0 aliphatic carbocycles. The first-order valence-corrected chi connectivity index (χ1v) is 6.04. The van der Waals surface area contributed by atoms with Crippen LogP contribution in [0, 0.1) is 0 Å². The van der Waals surface area contributed by atoms with Gasteiger partial charge in [-0.25, -0.2) is 14.5 Å². The van der Waals surface area contributed by atoms with E-state index in [-0.39, 0.29) is 11.4 Å². The zero-order valence-electron chi connectivity index (χ0n) is 11.1. The molecule has 1 amide bonds. The van der Waals surface area contributed by atoms with Crippen LogP contribution in [0.15, 0.2) is 30.7 Å². The molecule has 0 aliphatic rings. The Kier molecular flexibility index (Phi) is 2.90. The van der Waals surface area contributed by atoms with Crippen LogP contribution in [0.2, 0.25) is 0 Å². The summed E-state index contributed by atoms with van der Waals surface area (Å²) in [5.41, 5.74) is 13.3. The molecule has 21 heavy (non-hydrogen) atoms. The summed E-state index contributed by atoms with van der Waals surface area (Å²) in [4.78, 5) is 19.5. The fourth-order valence-corrected chi connectivity index (χ4v) is 2.14. The van der Waals surface area contributed by atoms with Crippen LogP contribution >= 0.6 is 0 Å². The lowest BCUT2D eigenvalue weighted by molar-refractivity contribution is 0.100. The van der Waals surface area contributed by atoms with E-state index in [1.54, 1.807) is 24.4 Å². The number of methoxy groups -OCH3 is 1. The van der Waals surface area contributed by atoms with E-state index in [1.807, 2.05) is 0 Å². The number of nitrogens with zero attached hydrogens (tertiary/aromatic N) is 4. The van der Waals surface area contributed by atoms with Gasteiger partial charge in [0.15, 0.2) is 5.82 Å². The molecule has 0 radical (unpaired) electrons. The Balaban J connectivity index is 2.33. The lowest BCUT2D eigenvalue weighted by Gasteiger charge is -2.04. The predicted molar refractivity (Wildman–Crippen MR) is 75.7 cm³/mol. The van der Waals surface area contributed by atoms with E-state index >= 15 is 0 Å². The smallest absolute Gasteiger partial charge is 0.251 e. The van der Waals surface area contributed by atoms with Crippen molar-refractivity contribution >= 4 is 17.2 Å². The minimum absolute atomic E-state index is 0.186. The molecule has 106 valence electrons. The van der Waals surface area contributed by atoms with Crippen molar-refractivity contribution in [3.05, 3.63) is 36.3 Å². The van der Waals surface area contributed by atoms with Gasteiger partial charge in [-0.2, -0.15) is 5.10 Å². The molecule has 0 unspecified atom stereocenters. The van der Waals surface area contributed by atoms with E-state index in [0.717, 1.165) is 5.56 Å². The minimum atomic E-state index is -0.596. The normalized spacial score (nSPS) is 10.7. The summed E-state index contributed by atoms with van der Waals surface area (Å²) in [6.07, 6.45) is 2.91. The molecular formula is C13H12N6O2. The molecule has 3 aromatic heterocycles. The third-order valence-corrected chi connectivity index (χ3v) is 3.09. The largest absolute Gasteiger partial charge is 0.481 e. The second kappa shape index (κ2) is 4.75. The van der Waals surface area contributed by atoms with Gasteiger partial charge in [-0.15, -0.1) is 0 Å². The SMILES string of the molecule is COc1cc(-c2cc(C(N)=O)c3c(N)ncnn23)ccn1. The number of hydrogen-bond donors (Lipinski definition) is 2. The summed E-state index contributed by atoms with van der Waals surface area (Å²) in [7, 11) is 1.53. The van der Waals surface area contributed by atoms with Gasteiger partial charge in [-0.05, 0) is 12.1 Å². The lowest BCUT2D eigenvalue weighted by Crippen LogP contribution is -2.11. The first kappa shape index (κ1) is 12.9. The predicted octanol–water partition coefficient (Wildman–Crippen LogP) is 0.481. The Morgan fingerprint density at radius 1 is 1.33 bits per heavy atom. The summed E-state index contributed by atoms with van der Waals surface area (Å²) in [5, 5.41) is 4.13. The van der Waals surface area contributed by atoms with Gasteiger partial charge >= 0.3 is 0 Å². The molecule has 0 saturated carbocycles. The Morgan fingerprint density at radius 2 is 2.14 bits per heavy atom. The van der Waals surface area contributed by atoms with Gasteiger partial charge in [0.2, 0.25) is 5.88 Å². The number of hydrogen-bond acceptors (Lipinski definition) is 6. The van der Waals surface area contributed by atoms with Gasteiger partial charge in [-0.1, -0.05) is 0 Å². The fourth-order valence-electron chi connectivity index (χ4n) is 2.14. The number of carbonyl (C=O) groups excluding carboxylic acids is 1. The standard InChI is InChI=1S/C13H12N6O2/c1-21-10-4-7(2-3-16-10)9-5-8(13(15)20)11-12(14)17-6-18-19(9)11/h2-6H,1H3,(H2,15,20)(H2,14,17,18). The average Bonchev–Trinajstić information content (AvgIpc) is 2.88. The molecule has 0 bridgehead atoms. The zero-order valence-corrected chi connectivity index (χ0v) is 11.1. The highest BCUT2D eigenvalue weighted by atomic mass is 16.5. The van der Waals surface area contributed by atoms with Crippen molar-refractivity contribution in [3.63, 3.8) is 0 Å². The molecule has 0 aromatic carbocycles. The molecule has 0 atom stereocenters. The zero-order chi connectivity index (χ0) is 15.0. The first-order valence-electron chi connectivity index (χ1n) is 6.04. The number of amides is 1. The Bertz CT molecular complexity index is 842. The van der Waals surface area contributed by atoms with E-state index in [4.69, 9.17) is 16.2 Å². The quantitative estimate of drug-likeness (QED) is 0.721. The van der Waals surface area contributed by atoms with Crippen LogP contribution in [0.5, 0.6) is 5.88 Å². The number of pyridine rings is 1. The number of ether oxygens (including phenoxy) is 1.